The van der Waals surface area contributed by atoms with E-state index in [0.717, 1.165) is 5.56 Å². The van der Waals surface area contributed by atoms with Crippen LogP contribution >= 0.6 is 0 Å². The highest BCUT2D eigenvalue weighted by molar-refractivity contribution is 5.29. The lowest BCUT2D eigenvalue weighted by Crippen LogP contribution is -2.23. The zero-order valence-corrected chi connectivity index (χ0v) is 10.8. The molecule has 1 aromatic carbocycles. The SMILES string of the molecule is CNC(COC(C)C)c1ccc(OC(F)F)cc1. The van der Waals surface area contributed by atoms with Crippen LogP contribution in [0.1, 0.15) is 25.5 Å². The van der Waals surface area contributed by atoms with Crippen LogP contribution in [0, 0.1) is 0 Å². The Balaban J connectivity index is 2.63. The average Bonchev–Trinajstić information content (AvgIpc) is 2.31. The number of nitrogens with one attached hydrogen (secondary N) is 1. The second kappa shape index (κ2) is 7.28. The molecule has 0 spiro atoms. The maximum atomic E-state index is 12.0. The largest absolute Gasteiger partial charge is 0.435 e. The highest BCUT2D eigenvalue weighted by Gasteiger charge is 2.11. The minimum Gasteiger partial charge on any atom is -0.435 e. The molecule has 3 nitrogen and oxygen atoms in total. The van der Waals surface area contributed by atoms with E-state index in [2.05, 4.69) is 10.1 Å². The molecule has 1 aromatic rings. The van der Waals surface area contributed by atoms with E-state index in [1.54, 1.807) is 12.1 Å². The van der Waals surface area contributed by atoms with Gasteiger partial charge in [-0.05, 0) is 38.6 Å². The number of hydrogen-bond donors (Lipinski definition) is 1. The fourth-order valence-electron chi connectivity index (χ4n) is 1.52. The summed E-state index contributed by atoms with van der Waals surface area (Å²) in [5, 5.41) is 3.12. The molecule has 18 heavy (non-hydrogen) atoms. The molecule has 0 bridgehead atoms. The van der Waals surface area contributed by atoms with Crippen molar-refractivity contribution in [2.45, 2.75) is 32.6 Å². The van der Waals surface area contributed by atoms with Gasteiger partial charge in [0.1, 0.15) is 5.75 Å². The molecular formula is C13H19F2NO2. The molecule has 0 saturated heterocycles. The molecule has 102 valence electrons. The number of likely N-dealkylation sites (N-methyl/N-ethyl adjacent to an activating group) is 1. The second-order valence-electron chi connectivity index (χ2n) is 4.17. The van der Waals surface area contributed by atoms with Gasteiger partial charge in [0.05, 0.1) is 18.8 Å². The van der Waals surface area contributed by atoms with Gasteiger partial charge in [0, 0.05) is 0 Å². The first-order valence-corrected chi connectivity index (χ1v) is 5.86. The number of rotatable bonds is 7. The summed E-state index contributed by atoms with van der Waals surface area (Å²) in [6, 6.07) is 6.60. The monoisotopic (exact) mass is 259 g/mol. The molecule has 0 heterocycles. The summed E-state index contributed by atoms with van der Waals surface area (Å²) in [5.41, 5.74) is 0.972. The molecule has 1 rings (SSSR count). The molecule has 0 aromatic heterocycles. The van der Waals surface area contributed by atoms with Gasteiger partial charge >= 0.3 is 6.61 Å². The molecule has 5 heteroatoms. The summed E-state index contributed by atoms with van der Waals surface area (Å²) in [7, 11) is 1.83. The van der Waals surface area contributed by atoms with E-state index in [9.17, 15) is 8.78 Å². The molecule has 0 aliphatic heterocycles. The minimum atomic E-state index is -2.79. The summed E-state index contributed by atoms with van der Waals surface area (Å²) < 4.78 is 33.8. The number of alkyl halides is 2. The van der Waals surface area contributed by atoms with Crippen LogP contribution in [0.3, 0.4) is 0 Å². The van der Waals surface area contributed by atoms with Crippen LogP contribution in [0.5, 0.6) is 5.75 Å². The second-order valence-corrected chi connectivity index (χ2v) is 4.17. The summed E-state index contributed by atoms with van der Waals surface area (Å²) in [4.78, 5) is 0. The molecule has 0 aliphatic rings. The van der Waals surface area contributed by atoms with Crippen molar-refractivity contribution in [2.24, 2.45) is 0 Å². The van der Waals surface area contributed by atoms with Crippen molar-refractivity contribution in [3.05, 3.63) is 29.8 Å². The Morgan fingerprint density at radius 2 is 1.78 bits per heavy atom. The topological polar surface area (TPSA) is 30.5 Å². The zero-order chi connectivity index (χ0) is 13.5. The lowest BCUT2D eigenvalue weighted by atomic mass is 10.1. The van der Waals surface area contributed by atoms with Gasteiger partial charge < -0.3 is 14.8 Å². The maximum absolute atomic E-state index is 12.0. The van der Waals surface area contributed by atoms with E-state index < -0.39 is 6.61 Å². The van der Waals surface area contributed by atoms with Crippen LogP contribution in [0.15, 0.2) is 24.3 Å². The smallest absolute Gasteiger partial charge is 0.387 e. The fourth-order valence-corrected chi connectivity index (χ4v) is 1.52. The predicted molar refractivity (Wildman–Crippen MR) is 66.0 cm³/mol. The van der Waals surface area contributed by atoms with Crippen LogP contribution in [0.25, 0.3) is 0 Å². The lowest BCUT2D eigenvalue weighted by molar-refractivity contribution is -0.0498. The predicted octanol–water partition coefficient (Wildman–Crippen LogP) is 2.97. The highest BCUT2D eigenvalue weighted by atomic mass is 19.3. The van der Waals surface area contributed by atoms with Crippen LogP contribution in [-0.2, 0) is 4.74 Å². The standard InChI is InChI=1S/C13H19F2NO2/c1-9(2)17-8-12(16-3)10-4-6-11(7-5-10)18-13(14)15/h4-7,9,12-13,16H,8H2,1-3H3. The van der Waals surface area contributed by atoms with Crippen molar-refractivity contribution in [1.29, 1.82) is 0 Å². The maximum Gasteiger partial charge on any atom is 0.387 e. The fraction of sp³-hybridized carbons (Fsp3) is 0.538. The Kier molecular flexibility index (Phi) is 6.01. The zero-order valence-electron chi connectivity index (χ0n) is 10.8. The Hall–Kier alpha value is -1.20. The van der Waals surface area contributed by atoms with Gasteiger partial charge in [0.2, 0.25) is 0 Å². The van der Waals surface area contributed by atoms with Crippen molar-refractivity contribution < 1.29 is 18.3 Å². The van der Waals surface area contributed by atoms with Crippen molar-refractivity contribution in [3.63, 3.8) is 0 Å². The normalized spacial score (nSPS) is 13.1. The lowest BCUT2D eigenvalue weighted by Gasteiger charge is -2.18. The van der Waals surface area contributed by atoms with E-state index in [-0.39, 0.29) is 17.9 Å². The molecule has 1 unspecified atom stereocenters. The Morgan fingerprint density at radius 1 is 1.17 bits per heavy atom. The minimum absolute atomic E-state index is 0.0352. The van der Waals surface area contributed by atoms with Gasteiger partial charge in [0.15, 0.2) is 0 Å². The molecule has 0 amide bonds. The van der Waals surface area contributed by atoms with Crippen LogP contribution in [0.4, 0.5) is 8.78 Å². The number of hydrogen-bond acceptors (Lipinski definition) is 3. The van der Waals surface area contributed by atoms with Crippen LogP contribution in [-0.4, -0.2) is 26.4 Å². The number of ether oxygens (including phenoxy) is 2. The van der Waals surface area contributed by atoms with Crippen LogP contribution < -0.4 is 10.1 Å². The summed E-state index contributed by atoms with van der Waals surface area (Å²) in [6.07, 6.45) is 0.155. The molecule has 1 N–H and O–H groups in total. The molecule has 1 atom stereocenters. The van der Waals surface area contributed by atoms with E-state index in [1.807, 2.05) is 20.9 Å². The van der Waals surface area contributed by atoms with Crippen LogP contribution in [0.2, 0.25) is 0 Å². The summed E-state index contributed by atoms with van der Waals surface area (Å²) >= 11 is 0. The van der Waals surface area contributed by atoms with Gasteiger partial charge in [-0.25, -0.2) is 0 Å². The summed E-state index contributed by atoms with van der Waals surface area (Å²) in [6.45, 7) is 1.67. The third-order valence-electron chi connectivity index (χ3n) is 2.45. The Labute approximate surface area is 106 Å². The molecule has 0 fully saturated rings. The van der Waals surface area contributed by atoms with Gasteiger partial charge in [0.25, 0.3) is 0 Å². The van der Waals surface area contributed by atoms with Crippen molar-refractivity contribution in [2.75, 3.05) is 13.7 Å². The first kappa shape index (κ1) is 14.9. The first-order valence-electron chi connectivity index (χ1n) is 5.86. The van der Waals surface area contributed by atoms with E-state index in [0.29, 0.717) is 6.61 Å². The third kappa shape index (κ3) is 4.98. The Morgan fingerprint density at radius 3 is 2.22 bits per heavy atom. The van der Waals surface area contributed by atoms with E-state index >= 15 is 0 Å². The highest BCUT2D eigenvalue weighted by Crippen LogP contribution is 2.19. The number of benzene rings is 1. The van der Waals surface area contributed by atoms with Crippen molar-refractivity contribution in [1.82, 2.24) is 5.32 Å². The summed E-state index contributed by atoms with van der Waals surface area (Å²) in [5.74, 6) is 0.161. The molecular weight excluding hydrogens is 240 g/mol. The van der Waals surface area contributed by atoms with Gasteiger partial charge in [-0.3, -0.25) is 0 Å². The van der Waals surface area contributed by atoms with Gasteiger partial charge in [-0.2, -0.15) is 8.78 Å². The quantitative estimate of drug-likeness (QED) is 0.816. The Bertz CT molecular complexity index is 341. The third-order valence-corrected chi connectivity index (χ3v) is 2.45. The van der Waals surface area contributed by atoms with Gasteiger partial charge in [-0.1, -0.05) is 12.1 Å². The molecule has 0 saturated carbocycles. The van der Waals surface area contributed by atoms with E-state index in [1.165, 1.54) is 12.1 Å². The first-order chi connectivity index (χ1) is 8.52. The number of halogens is 2. The average molecular weight is 259 g/mol. The van der Waals surface area contributed by atoms with E-state index in [4.69, 9.17) is 4.74 Å². The van der Waals surface area contributed by atoms with Crippen molar-refractivity contribution >= 4 is 0 Å². The molecule has 0 aliphatic carbocycles. The van der Waals surface area contributed by atoms with Gasteiger partial charge in [-0.15, -0.1) is 0 Å². The molecule has 0 radical (unpaired) electrons. The van der Waals surface area contributed by atoms with Crippen molar-refractivity contribution in [3.8, 4) is 5.75 Å².